The molecule has 1 aromatic heterocycles. The van der Waals surface area contributed by atoms with E-state index in [-0.39, 0.29) is 12.0 Å². The summed E-state index contributed by atoms with van der Waals surface area (Å²) in [6.45, 7) is 0. The second-order valence-electron chi connectivity index (χ2n) is 3.60. The number of aliphatic hydroxyl groups is 1. The Bertz CT molecular complexity index is 485. The summed E-state index contributed by atoms with van der Waals surface area (Å²) in [5, 5.41) is 9.72. The maximum absolute atomic E-state index is 12.9. The average molecular weight is 242 g/mol. The molecule has 0 saturated carbocycles. The number of aliphatic hydroxyl groups excluding tert-OH is 1. The molecule has 5 heteroatoms. The molecule has 2 aromatic rings. The smallest absolute Gasteiger partial charge is 0.194 e. The lowest BCUT2D eigenvalue weighted by atomic mass is 10.0. The summed E-state index contributed by atoms with van der Waals surface area (Å²) in [6, 6.07) is 4.80. The van der Waals surface area contributed by atoms with Gasteiger partial charge in [0.05, 0.1) is 12.4 Å². The van der Waals surface area contributed by atoms with Crippen molar-refractivity contribution in [3.8, 4) is 0 Å². The zero-order chi connectivity index (χ0) is 12.4. The highest BCUT2D eigenvalue weighted by Gasteiger charge is 2.16. The van der Waals surface area contributed by atoms with Crippen LogP contribution in [0.15, 0.2) is 34.9 Å². The maximum atomic E-state index is 12.9. The lowest BCUT2D eigenvalue weighted by Gasteiger charge is -2.10. The molecule has 0 radical (unpaired) electrons. The van der Waals surface area contributed by atoms with Crippen LogP contribution < -0.4 is 0 Å². The summed E-state index contributed by atoms with van der Waals surface area (Å²) in [4.78, 5) is 0. The molecule has 0 fully saturated rings. The van der Waals surface area contributed by atoms with Crippen molar-refractivity contribution in [3.63, 3.8) is 0 Å². The molecule has 0 saturated heterocycles. The fourth-order valence-corrected chi connectivity index (χ4v) is 1.50. The van der Waals surface area contributed by atoms with Crippen LogP contribution in [0.4, 0.5) is 13.2 Å². The Kier molecular flexibility index (Phi) is 3.19. The third kappa shape index (κ3) is 2.50. The van der Waals surface area contributed by atoms with Crippen LogP contribution in [0.2, 0.25) is 0 Å². The van der Waals surface area contributed by atoms with Crippen LogP contribution in [0.5, 0.6) is 0 Å². The summed E-state index contributed by atoms with van der Waals surface area (Å²) in [6.07, 6.45) is 0.344. The van der Waals surface area contributed by atoms with Gasteiger partial charge in [0.25, 0.3) is 0 Å². The van der Waals surface area contributed by atoms with Gasteiger partial charge >= 0.3 is 0 Å². The lowest BCUT2D eigenvalue weighted by molar-refractivity contribution is 0.169. The molecule has 17 heavy (non-hydrogen) atoms. The minimum atomic E-state index is -1.54. The molecule has 90 valence electrons. The first-order valence-corrected chi connectivity index (χ1v) is 4.93. The van der Waals surface area contributed by atoms with Gasteiger partial charge < -0.3 is 9.52 Å². The molecular formula is C12H9F3O2. The fourth-order valence-electron chi connectivity index (χ4n) is 1.50. The Labute approximate surface area is 95.3 Å². The van der Waals surface area contributed by atoms with Crippen molar-refractivity contribution in [2.45, 2.75) is 12.5 Å². The van der Waals surface area contributed by atoms with Crippen molar-refractivity contribution < 1.29 is 22.7 Å². The monoisotopic (exact) mass is 242 g/mol. The Balaban J connectivity index is 2.22. The summed E-state index contributed by atoms with van der Waals surface area (Å²) in [7, 11) is 0. The number of benzene rings is 1. The second-order valence-corrected chi connectivity index (χ2v) is 3.60. The van der Waals surface area contributed by atoms with Gasteiger partial charge in [0.2, 0.25) is 0 Å². The molecule has 0 aliphatic rings. The first-order valence-electron chi connectivity index (χ1n) is 4.93. The highest BCUT2D eigenvalue weighted by molar-refractivity contribution is 5.22. The molecule has 0 aliphatic carbocycles. The van der Waals surface area contributed by atoms with Gasteiger partial charge in [-0.2, -0.15) is 0 Å². The van der Waals surface area contributed by atoms with Crippen LogP contribution in [0.1, 0.15) is 17.4 Å². The third-order valence-corrected chi connectivity index (χ3v) is 2.37. The predicted octanol–water partition coefficient (Wildman–Crippen LogP) is 2.97. The van der Waals surface area contributed by atoms with Crippen LogP contribution in [-0.2, 0) is 6.42 Å². The van der Waals surface area contributed by atoms with Crippen LogP contribution in [0.3, 0.4) is 0 Å². The number of hydrogen-bond donors (Lipinski definition) is 1. The van der Waals surface area contributed by atoms with Gasteiger partial charge in [-0.3, -0.25) is 0 Å². The lowest BCUT2D eigenvalue weighted by Crippen LogP contribution is -2.04. The minimum absolute atomic E-state index is 0.0298. The molecule has 0 spiro atoms. The Morgan fingerprint density at radius 1 is 1.18 bits per heavy atom. The highest BCUT2D eigenvalue weighted by atomic mass is 19.2. The van der Waals surface area contributed by atoms with Gasteiger partial charge in [0.15, 0.2) is 17.5 Å². The normalized spacial score (nSPS) is 12.7. The van der Waals surface area contributed by atoms with Crippen molar-refractivity contribution >= 4 is 0 Å². The van der Waals surface area contributed by atoms with E-state index < -0.39 is 23.6 Å². The van der Waals surface area contributed by atoms with Crippen LogP contribution >= 0.6 is 0 Å². The van der Waals surface area contributed by atoms with Gasteiger partial charge in [-0.15, -0.1) is 0 Å². The van der Waals surface area contributed by atoms with E-state index in [0.717, 1.165) is 12.1 Å². The summed E-state index contributed by atoms with van der Waals surface area (Å²) < 4.78 is 43.5. The Morgan fingerprint density at radius 2 is 1.82 bits per heavy atom. The van der Waals surface area contributed by atoms with E-state index in [1.54, 1.807) is 12.1 Å². The van der Waals surface area contributed by atoms with E-state index in [1.165, 1.54) is 6.26 Å². The van der Waals surface area contributed by atoms with Gasteiger partial charge in [0.1, 0.15) is 5.76 Å². The van der Waals surface area contributed by atoms with E-state index in [4.69, 9.17) is 4.42 Å². The van der Waals surface area contributed by atoms with Crippen molar-refractivity contribution in [1.29, 1.82) is 0 Å². The second kappa shape index (κ2) is 4.63. The molecule has 0 bridgehead atoms. The third-order valence-electron chi connectivity index (χ3n) is 2.37. The van der Waals surface area contributed by atoms with E-state index in [1.807, 2.05) is 0 Å². The van der Waals surface area contributed by atoms with Gasteiger partial charge in [-0.1, -0.05) is 0 Å². The zero-order valence-corrected chi connectivity index (χ0v) is 8.66. The summed E-state index contributed by atoms with van der Waals surface area (Å²) in [5.74, 6) is -3.71. The Morgan fingerprint density at radius 3 is 2.35 bits per heavy atom. The first-order chi connectivity index (χ1) is 8.08. The standard InChI is InChI=1S/C12H9F3O2/c13-9-4-7(5-10(14)12(9)15)11(16)6-8-2-1-3-17-8/h1-5,11,16H,6H2. The average Bonchev–Trinajstić information content (AvgIpc) is 2.77. The Hall–Kier alpha value is -1.75. The molecular weight excluding hydrogens is 233 g/mol. The number of hydrogen-bond acceptors (Lipinski definition) is 2. The largest absolute Gasteiger partial charge is 0.469 e. The van der Waals surface area contributed by atoms with Crippen molar-refractivity contribution in [2.75, 3.05) is 0 Å². The molecule has 1 unspecified atom stereocenters. The molecule has 2 nitrogen and oxygen atoms in total. The van der Waals surface area contributed by atoms with E-state index in [9.17, 15) is 18.3 Å². The number of furan rings is 1. The van der Waals surface area contributed by atoms with Gasteiger partial charge in [-0.25, -0.2) is 13.2 Å². The summed E-state index contributed by atoms with van der Waals surface area (Å²) >= 11 is 0. The molecule has 0 amide bonds. The van der Waals surface area contributed by atoms with Gasteiger partial charge in [-0.05, 0) is 29.8 Å². The van der Waals surface area contributed by atoms with E-state index >= 15 is 0 Å². The van der Waals surface area contributed by atoms with Crippen molar-refractivity contribution in [1.82, 2.24) is 0 Å². The summed E-state index contributed by atoms with van der Waals surface area (Å²) in [5.41, 5.74) is -0.0298. The number of halogens is 3. The van der Waals surface area contributed by atoms with Gasteiger partial charge in [0, 0.05) is 6.42 Å². The first kappa shape index (κ1) is 11.7. The maximum Gasteiger partial charge on any atom is 0.194 e. The molecule has 1 heterocycles. The fraction of sp³-hybridized carbons (Fsp3) is 0.167. The van der Waals surface area contributed by atoms with E-state index in [2.05, 4.69) is 0 Å². The van der Waals surface area contributed by atoms with E-state index in [0.29, 0.717) is 5.76 Å². The van der Waals surface area contributed by atoms with Crippen LogP contribution in [-0.4, -0.2) is 5.11 Å². The number of rotatable bonds is 3. The highest BCUT2D eigenvalue weighted by Crippen LogP contribution is 2.22. The molecule has 2 rings (SSSR count). The van der Waals surface area contributed by atoms with Crippen molar-refractivity contribution in [2.24, 2.45) is 0 Å². The SMILES string of the molecule is OC(Cc1ccco1)c1cc(F)c(F)c(F)c1. The predicted molar refractivity (Wildman–Crippen MR) is 53.7 cm³/mol. The van der Waals surface area contributed by atoms with Crippen molar-refractivity contribution in [3.05, 3.63) is 59.3 Å². The quantitative estimate of drug-likeness (QED) is 0.839. The molecule has 0 aliphatic heterocycles. The molecule has 1 aromatic carbocycles. The topological polar surface area (TPSA) is 33.4 Å². The molecule has 1 N–H and O–H groups in total. The van der Waals surface area contributed by atoms with Crippen LogP contribution in [0, 0.1) is 17.5 Å². The zero-order valence-electron chi connectivity index (χ0n) is 8.66. The molecule has 1 atom stereocenters. The minimum Gasteiger partial charge on any atom is -0.469 e. The van der Waals surface area contributed by atoms with Crippen LogP contribution in [0.25, 0.3) is 0 Å².